The number of anilines is 1. The smallest absolute Gasteiger partial charge is 0.252 e. The number of carbonyl (C=O) groups excluding carboxylic acids is 1. The summed E-state index contributed by atoms with van der Waals surface area (Å²) in [7, 11) is -1.53. The zero-order valence-electron chi connectivity index (χ0n) is 15.6. The molecule has 0 aromatic heterocycles. The number of benzene rings is 2. The summed E-state index contributed by atoms with van der Waals surface area (Å²) in [6.07, 6.45) is 0.119. The number of hydrogen-bond acceptors (Lipinski definition) is 5. The molecule has 2 aliphatic rings. The van der Waals surface area contributed by atoms with E-state index in [9.17, 15) is 13.2 Å². The Morgan fingerprint density at radius 1 is 1.24 bits per heavy atom. The number of rotatable bonds is 4. The molecule has 2 saturated heterocycles. The van der Waals surface area contributed by atoms with E-state index in [-0.39, 0.29) is 35.1 Å². The summed E-state index contributed by atoms with van der Waals surface area (Å²) in [6.45, 7) is 0. The number of aliphatic imine (C=N–C) groups is 1. The molecule has 2 aromatic rings. The molecule has 0 aliphatic carbocycles. The third-order valence-corrected chi connectivity index (χ3v) is 8.61. The van der Waals surface area contributed by atoms with Crippen LogP contribution in [0.2, 0.25) is 0 Å². The van der Waals surface area contributed by atoms with Crippen LogP contribution in [0.25, 0.3) is 0 Å². The van der Waals surface area contributed by atoms with Gasteiger partial charge in [-0.3, -0.25) is 4.79 Å². The SMILES string of the molecule is COc1ccccc1CC(=O)N=C1S[C@H]2CS(=O)(=O)C[C@@H]2N1c1cccc(Br)c1. The van der Waals surface area contributed by atoms with Crippen LogP contribution in [0.1, 0.15) is 5.56 Å². The molecule has 4 rings (SSSR count). The second-order valence-corrected chi connectivity index (χ2v) is 11.2. The number of amides is 1. The van der Waals surface area contributed by atoms with E-state index in [0.29, 0.717) is 10.9 Å². The molecule has 29 heavy (non-hydrogen) atoms. The van der Waals surface area contributed by atoms with Crippen LogP contribution >= 0.6 is 27.7 Å². The van der Waals surface area contributed by atoms with Crippen molar-refractivity contribution in [2.75, 3.05) is 23.5 Å². The molecule has 2 atom stereocenters. The van der Waals surface area contributed by atoms with Crippen molar-refractivity contribution in [2.24, 2.45) is 4.99 Å². The van der Waals surface area contributed by atoms with Crippen molar-refractivity contribution in [1.29, 1.82) is 0 Å². The van der Waals surface area contributed by atoms with Crippen LogP contribution in [-0.2, 0) is 21.1 Å². The molecular weight excluding hydrogens is 476 g/mol. The van der Waals surface area contributed by atoms with Crippen molar-refractivity contribution in [3.05, 3.63) is 58.6 Å². The Balaban J connectivity index is 1.65. The highest BCUT2D eigenvalue weighted by Crippen LogP contribution is 2.41. The van der Waals surface area contributed by atoms with Gasteiger partial charge in [0.25, 0.3) is 5.91 Å². The number of sulfone groups is 1. The maximum atomic E-state index is 12.7. The fourth-order valence-electron chi connectivity index (χ4n) is 3.65. The van der Waals surface area contributed by atoms with E-state index in [0.717, 1.165) is 15.7 Å². The molecule has 2 aliphatic heterocycles. The molecule has 0 bridgehead atoms. The average Bonchev–Trinajstić information content (AvgIpc) is 3.12. The lowest BCUT2D eigenvalue weighted by atomic mass is 10.1. The Hall–Kier alpha value is -1.84. The van der Waals surface area contributed by atoms with Gasteiger partial charge >= 0.3 is 0 Å². The van der Waals surface area contributed by atoms with E-state index in [1.165, 1.54) is 11.8 Å². The number of hydrogen-bond donors (Lipinski definition) is 0. The van der Waals surface area contributed by atoms with Gasteiger partial charge in [-0.05, 0) is 24.3 Å². The van der Waals surface area contributed by atoms with Crippen LogP contribution in [0.5, 0.6) is 5.75 Å². The lowest BCUT2D eigenvalue weighted by Gasteiger charge is -2.24. The van der Waals surface area contributed by atoms with Crippen molar-refractivity contribution in [1.82, 2.24) is 0 Å². The van der Waals surface area contributed by atoms with Crippen LogP contribution in [-0.4, -0.2) is 49.4 Å². The molecular formula is C20H19BrN2O4S2. The number of halogens is 1. The van der Waals surface area contributed by atoms with Crippen molar-refractivity contribution < 1.29 is 17.9 Å². The van der Waals surface area contributed by atoms with Gasteiger partial charge in [-0.2, -0.15) is 4.99 Å². The topological polar surface area (TPSA) is 76.0 Å². The number of amidine groups is 1. The summed E-state index contributed by atoms with van der Waals surface area (Å²) in [5, 5.41) is 0.421. The summed E-state index contributed by atoms with van der Waals surface area (Å²) in [5.74, 6) is 0.524. The molecule has 9 heteroatoms. The van der Waals surface area contributed by atoms with Gasteiger partial charge in [0.15, 0.2) is 15.0 Å². The van der Waals surface area contributed by atoms with Gasteiger partial charge in [-0.1, -0.05) is 52.0 Å². The predicted octanol–water partition coefficient (Wildman–Crippen LogP) is 3.30. The summed E-state index contributed by atoms with van der Waals surface area (Å²) < 4.78 is 30.5. The number of carbonyl (C=O) groups is 1. The monoisotopic (exact) mass is 494 g/mol. The number of thioether (sulfide) groups is 1. The second kappa shape index (κ2) is 8.12. The van der Waals surface area contributed by atoms with Crippen molar-refractivity contribution >= 4 is 54.3 Å². The van der Waals surface area contributed by atoms with Crippen LogP contribution in [0.15, 0.2) is 58.0 Å². The molecule has 152 valence electrons. The van der Waals surface area contributed by atoms with E-state index in [1.54, 1.807) is 7.11 Å². The minimum absolute atomic E-state index is 0.0664. The quantitative estimate of drug-likeness (QED) is 0.648. The third-order valence-electron chi connectivity index (χ3n) is 4.91. The van der Waals surface area contributed by atoms with Crippen LogP contribution in [0, 0.1) is 0 Å². The molecule has 0 unspecified atom stereocenters. The van der Waals surface area contributed by atoms with E-state index in [1.807, 2.05) is 53.4 Å². The molecule has 6 nitrogen and oxygen atoms in total. The van der Waals surface area contributed by atoms with Gasteiger partial charge in [0, 0.05) is 21.0 Å². The molecule has 2 heterocycles. The van der Waals surface area contributed by atoms with Gasteiger partial charge < -0.3 is 9.64 Å². The normalized spacial score (nSPS) is 23.9. The lowest BCUT2D eigenvalue weighted by molar-refractivity contribution is -0.117. The molecule has 1 amide bonds. The zero-order valence-corrected chi connectivity index (χ0v) is 18.8. The fourth-order valence-corrected chi connectivity index (χ4v) is 7.97. The summed E-state index contributed by atoms with van der Waals surface area (Å²) in [6, 6.07) is 14.7. The Bertz CT molecular complexity index is 1090. The summed E-state index contributed by atoms with van der Waals surface area (Å²) in [5.41, 5.74) is 1.59. The fraction of sp³-hybridized carbons (Fsp3) is 0.300. The minimum Gasteiger partial charge on any atom is -0.496 e. The maximum absolute atomic E-state index is 12.7. The van der Waals surface area contributed by atoms with Crippen molar-refractivity contribution in [3.63, 3.8) is 0 Å². The van der Waals surface area contributed by atoms with Crippen LogP contribution in [0.3, 0.4) is 0 Å². The van der Waals surface area contributed by atoms with E-state index in [4.69, 9.17) is 4.74 Å². The van der Waals surface area contributed by atoms with Crippen LogP contribution in [0.4, 0.5) is 5.69 Å². The first-order valence-electron chi connectivity index (χ1n) is 9.01. The number of nitrogens with zero attached hydrogens (tertiary/aromatic N) is 2. The molecule has 0 spiro atoms. The van der Waals surface area contributed by atoms with Gasteiger partial charge in [-0.25, -0.2) is 8.42 Å². The molecule has 0 saturated carbocycles. The average molecular weight is 495 g/mol. The van der Waals surface area contributed by atoms with E-state index >= 15 is 0 Å². The second-order valence-electron chi connectivity index (χ2n) is 6.93. The van der Waals surface area contributed by atoms with E-state index < -0.39 is 9.84 Å². The van der Waals surface area contributed by atoms with E-state index in [2.05, 4.69) is 20.9 Å². The van der Waals surface area contributed by atoms with Gasteiger partial charge in [0.1, 0.15) is 5.75 Å². The molecule has 2 fully saturated rings. The number of para-hydroxylation sites is 1. The number of ether oxygens (including phenoxy) is 1. The highest BCUT2D eigenvalue weighted by molar-refractivity contribution is 9.10. The third kappa shape index (κ3) is 4.36. The van der Waals surface area contributed by atoms with Crippen molar-refractivity contribution in [2.45, 2.75) is 17.7 Å². The first-order valence-corrected chi connectivity index (χ1v) is 12.5. The highest BCUT2D eigenvalue weighted by Gasteiger charge is 2.49. The molecule has 0 radical (unpaired) electrons. The Labute approximate surface area is 182 Å². The van der Waals surface area contributed by atoms with Crippen LogP contribution < -0.4 is 9.64 Å². The van der Waals surface area contributed by atoms with Gasteiger partial charge in [0.2, 0.25) is 0 Å². The zero-order chi connectivity index (χ0) is 20.6. The first kappa shape index (κ1) is 20.4. The minimum atomic E-state index is -3.10. The summed E-state index contributed by atoms with van der Waals surface area (Å²) >= 11 is 4.83. The largest absolute Gasteiger partial charge is 0.496 e. The Morgan fingerprint density at radius 3 is 2.79 bits per heavy atom. The highest BCUT2D eigenvalue weighted by atomic mass is 79.9. The molecule has 2 aromatic carbocycles. The van der Waals surface area contributed by atoms with Crippen molar-refractivity contribution in [3.8, 4) is 5.75 Å². The first-order chi connectivity index (χ1) is 13.9. The number of methoxy groups -OCH3 is 1. The lowest BCUT2D eigenvalue weighted by Crippen LogP contribution is -2.37. The van der Waals surface area contributed by atoms with Gasteiger partial charge in [0.05, 0.1) is 31.1 Å². The summed E-state index contributed by atoms with van der Waals surface area (Å²) in [4.78, 5) is 19.0. The standard InChI is InChI=1S/C20H19BrN2O4S2/c1-27-17-8-3-2-5-13(17)9-19(24)22-20-23(15-7-4-6-14(21)10-15)16-11-29(25,26)12-18(16)28-20/h2-8,10,16,18H,9,11-12H2,1H3/t16-,18-/m0/s1. The Morgan fingerprint density at radius 2 is 2.03 bits per heavy atom. The van der Waals surface area contributed by atoms with Gasteiger partial charge in [-0.15, -0.1) is 0 Å². The maximum Gasteiger partial charge on any atom is 0.252 e. The molecule has 0 N–H and O–H groups in total. The predicted molar refractivity (Wildman–Crippen MR) is 120 cm³/mol. The number of fused-ring (bicyclic) bond motifs is 1. The Kier molecular flexibility index (Phi) is 5.72.